The lowest BCUT2D eigenvalue weighted by Crippen LogP contribution is -2.06. The molecule has 19 heteroatoms. The van der Waals surface area contributed by atoms with Crippen molar-refractivity contribution >= 4 is 5.82 Å². The van der Waals surface area contributed by atoms with E-state index in [0.717, 1.165) is 45.4 Å². The van der Waals surface area contributed by atoms with E-state index in [0.29, 0.717) is 75.2 Å². The summed E-state index contributed by atoms with van der Waals surface area (Å²) in [4.78, 5) is 25.1. The molecule has 9 aromatic heterocycles. The minimum atomic E-state index is -0.352. The molecule has 0 fully saturated rings. The summed E-state index contributed by atoms with van der Waals surface area (Å²) in [5.41, 5.74) is 12.4. The fourth-order valence-electron chi connectivity index (χ4n) is 10.4. The number of aromatic nitrogens is 13. The number of rotatable bonds is 15. The Morgan fingerprint density at radius 3 is 0.948 bits per heavy atom. The number of benzene rings is 6. The molecule has 0 aliphatic carbocycles. The maximum Gasteiger partial charge on any atom is 0.253 e. The summed E-state index contributed by atoms with van der Waals surface area (Å²) in [5, 5.41) is 18.2. The molecule has 0 spiro atoms. The zero-order valence-corrected chi connectivity index (χ0v) is 51.8. The summed E-state index contributed by atoms with van der Waals surface area (Å²) in [5.74, 6) is -1.08. The van der Waals surface area contributed by atoms with E-state index in [1.165, 1.54) is 35.0 Å². The molecule has 0 unspecified atom stereocenters. The Morgan fingerprint density at radius 2 is 0.567 bits per heavy atom. The van der Waals surface area contributed by atoms with E-state index in [1.807, 2.05) is 150 Å². The van der Waals surface area contributed by atoms with Crippen LogP contribution in [0.5, 0.6) is 0 Å². The highest BCUT2D eigenvalue weighted by atomic mass is 19.1. The predicted molar refractivity (Wildman–Crippen MR) is 364 cm³/mol. The van der Waals surface area contributed by atoms with Gasteiger partial charge in [0, 0.05) is 58.8 Å². The molecule has 0 aliphatic heterocycles. The third kappa shape index (κ3) is 16.1. The molecule has 0 saturated carbocycles. The first kappa shape index (κ1) is 64.2. The highest BCUT2D eigenvalue weighted by Crippen LogP contribution is 2.31. The summed E-state index contributed by atoms with van der Waals surface area (Å²) in [7, 11) is 0. The Labute approximate surface area is 555 Å². The number of hydrogen-bond acceptors (Lipinski definition) is 9. The molecule has 14 nitrogen and oxygen atoms in total. The van der Waals surface area contributed by atoms with Crippen molar-refractivity contribution in [1.82, 2.24) is 64.0 Å². The topological polar surface area (TPSA) is 140 Å². The van der Waals surface area contributed by atoms with Gasteiger partial charge in [0.15, 0.2) is 0 Å². The average Bonchev–Trinajstić information content (AvgIpc) is 1.70. The van der Waals surface area contributed by atoms with Crippen LogP contribution in [0.2, 0.25) is 0 Å². The van der Waals surface area contributed by atoms with Crippen molar-refractivity contribution in [1.29, 1.82) is 0 Å². The van der Waals surface area contributed by atoms with Gasteiger partial charge < -0.3 is 4.85 Å². The molecule has 9 heterocycles. The fraction of sp³-hybridized carbons (Fsp3) is 0.0513. The van der Waals surface area contributed by atoms with Gasteiger partial charge in [0.25, 0.3) is 5.82 Å². The summed E-state index contributed by atoms with van der Waals surface area (Å²) < 4.78 is 77.0. The Hall–Kier alpha value is -13.0. The van der Waals surface area contributed by atoms with E-state index in [-0.39, 0.29) is 42.2 Å². The van der Waals surface area contributed by atoms with E-state index in [4.69, 9.17) is 6.57 Å². The Kier molecular flexibility index (Phi) is 20.6. The third-order valence-electron chi connectivity index (χ3n) is 15.2. The second-order valence-corrected chi connectivity index (χ2v) is 21.7. The van der Waals surface area contributed by atoms with E-state index in [1.54, 1.807) is 131 Å². The molecular formula is C78H57F5N14. The molecule has 0 saturated heterocycles. The van der Waals surface area contributed by atoms with Crippen LogP contribution in [0.1, 0.15) is 22.3 Å². The van der Waals surface area contributed by atoms with Gasteiger partial charge in [-0.1, -0.05) is 157 Å². The van der Waals surface area contributed by atoms with Crippen LogP contribution in [0.25, 0.3) is 84.3 Å². The maximum atomic E-state index is 14.4. The fourth-order valence-corrected chi connectivity index (χ4v) is 10.4. The lowest BCUT2D eigenvalue weighted by atomic mass is 10.1. The quantitative estimate of drug-likeness (QED) is 0.0725. The van der Waals surface area contributed by atoms with Crippen LogP contribution in [0.4, 0.5) is 27.8 Å². The van der Waals surface area contributed by atoms with Crippen molar-refractivity contribution < 1.29 is 22.0 Å². The molecule has 15 aromatic rings. The van der Waals surface area contributed by atoms with Gasteiger partial charge in [-0.15, -0.1) is 0 Å². The number of halogens is 5. The molecule has 97 heavy (non-hydrogen) atoms. The van der Waals surface area contributed by atoms with Gasteiger partial charge in [-0.05, 0) is 127 Å². The predicted octanol–water partition coefficient (Wildman–Crippen LogP) is 17.6. The molecule has 0 radical (unpaired) electrons. The molecular weight excluding hydrogens is 1230 g/mol. The molecule has 0 aliphatic rings. The highest BCUT2D eigenvalue weighted by molar-refractivity contribution is 5.69. The highest BCUT2D eigenvalue weighted by Gasteiger charge is 2.20. The maximum absolute atomic E-state index is 14.4. The second kappa shape index (κ2) is 31.1. The van der Waals surface area contributed by atoms with Gasteiger partial charge in [0.1, 0.15) is 58.4 Å². The van der Waals surface area contributed by atoms with Gasteiger partial charge in [0.05, 0.1) is 65.2 Å². The van der Waals surface area contributed by atoms with E-state index in [9.17, 15) is 22.0 Å². The van der Waals surface area contributed by atoms with Crippen LogP contribution in [0, 0.1) is 35.7 Å². The summed E-state index contributed by atoms with van der Waals surface area (Å²) >= 11 is 0. The Bertz CT molecular complexity index is 4920. The number of nitrogens with zero attached hydrogens (tertiary/aromatic N) is 14. The van der Waals surface area contributed by atoms with Gasteiger partial charge >= 0.3 is 0 Å². The minimum Gasteiger partial charge on any atom is -0.362 e. The van der Waals surface area contributed by atoms with Crippen molar-refractivity contribution in [2.45, 2.75) is 26.2 Å². The monoisotopic (exact) mass is 1280 g/mol. The first-order valence-electron chi connectivity index (χ1n) is 30.6. The van der Waals surface area contributed by atoms with Crippen molar-refractivity contribution in [2.75, 3.05) is 0 Å². The summed E-state index contributed by atoms with van der Waals surface area (Å²) in [6.07, 6.45) is 8.55. The molecule has 0 atom stereocenters. The van der Waals surface area contributed by atoms with Crippen molar-refractivity contribution in [3.8, 4) is 79.5 Å². The molecule has 0 N–H and O–H groups in total. The van der Waals surface area contributed by atoms with Crippen LogP contribution >= 0.6 is 0 Å². The minimum absolute atomic E-state index is 0.198. The van der Waals surface area contributed by atoms with E-state index >= 15 is 0 Å². The van der Waals surface area contributed by atoms with E-state index in [2.05, 4.69) is 50.2 Å². The third-order valence-corrected chi connectivity index (χ3v) is 15.2. The second-order valence-electron chi connectivity index (χ2n) is 21.7. The molecule has 0 bridgehead atoms. The van der Waals surface area contributed by atoms with Crippen LogP contribution in [-0.2, 0) is 26.2 Å². The molecule has 0 amide bonds. The molecule has 15 rings (SSSR count). The Morgan fingerprint density at radius 1 is 0.268 bits per heavy atom. The lowest BCUT2D eigenvalue weighted by molar-refractivity contribution is 0.585. The van der Waals surface area contributed by atoms with Gasteiger partial charge in [-0.2, -0.15) is 20.0 Å². The van der Waals surface area contributed by atoms with Crippen molar-refractivity contribution in [3.63, 3.8) is 0 Å². The van der Waals surface area contributed by atoms with E-state index < -0.39 is 0 Å². The Balaban J connectivity index is 0.000000124. The SMILES string of the molecule is Fc1ccccc1Cn1nc(-c2ccccn2)cc1-c1ccccc1.Fc1ccccc1Cn1nc(-c2ccccn2)cc1-c1ccccc1F.Fc1ccccc1Cn1nc(-c2ccccn2)cc1-c1ccccn1.[C-]#[N+]c1cc(-c2ccccn2)nn1Cc1ccccc1F. The zero-order valence-electron chi connectivity index (χ0n) is 51.8. The summed E-state index contributed by atoms with van der Waals surface area (Å²) in [6.45, 7) is 8.34. The van der Waals surface area contributed by atoms with Crippen LogP contribution < -0.4 is 0 Å². The van der Waals surface area contributed by atoms with Crippen molar-refractivity contribution in [3.05, 3.63) is 361 Å². The smallest absolute Gasteiger partial charge is 0.253 e. The van der Waals surface area contributed by atoms with Crippen molar-refractivity contribution in [2.24, 2.45) is 0 Å². The zero-order chi connectivity index (χ0) is 66.7. The van der Waals surface area contributed by atoms with Crippen LogP contribution in [-0.4, -0.2) is 64.0 Å². The normalized spacial score (nSPS) is 10.7. The van der Waals surface area contributed by atoms with Gasteiger partial charge in [0.2, 0.25) is 0 Å². The first-order chi connectivity index (χ1) is 47.6. The number of pyridine rings is 5. The number of hydrogen-bond donors (Lipinski definition) is 0. The molecule has 474 valence electrons. The largest absolute Gasteiger partial charge is 0.362 e. The molecule has 6 aromatic carbocycles. The van der Waals surface area contributed by atoms with Crippen LogP contribution in [0.3, 0.4) is 0 Å². The average molecular weight is 1290 g/mol. The van der Waals surface area contributed by atoms with Crippen LogP contribution in [0.15, 0.2) is 298 Å². The van der Waals surface area contributed by atoms with Gasteiger partial charge in [-0.3, -0.25) is 39.0 Å². The standard InChI is InChI=1S/C21H15F2N3.C21H16FN3.C20H15FN4.C16H11FN4/c22-17-9-3-1-7-15(17)14-26-21(16-8-2-4-10-18(16)23)13-20(25-26)19-11-5-6-12-24-19;22-18-11-5-4-10-17(18)15-25-21(16-8-2-1-3-9-16)14-20(24-25)19-12-6-7-13-23-19;21-16-8-2-1-7-15(16)14-25-20(18-10-4-6-12-23-18)13-19(24-25)17-9-3-5-11-22-17;1-18-16-10-15(14-8-4-5-9-19-14)20-21(16)11-12-6-2-3-7-13(12)17/h1-13H,14H2;1-14H,15H2;1-13H,14H2;2-10H,11H2. The first-order valence-corrected chi connectivity index (χ1v) is 30.6. The van der Waals surface area contributed by atoms with Gasteiger partial charge in [-0.25, -0.2) is 22.0 Å². The lowest BCUT2D eigenvalue weighted by Gasteiger charge is -2.09. The summed E-state index contributed by atoms with van der Waals surface area (Å²) in [6, 6.07) is 78.5.